The smallest absolute Gasteiger partial charge is 0.124 e. The van der Waals surface area contributed by atoms with E-state index in [1.54, 1.807) is 0 Å². The van der Waals surface area contributed by atoms with Crippen LogP contribution in [0.3, 0.4) is 0 Å². The monoisotopic (exact) mass is 287 g/mol. The fraction of sp³-hybridized carbons (Fsp3) is 0.538. The van der Waals surface area contributed by atoms with Gasteiger partial charge >= 0.3 is 0 Å². The molecule has 1 aromatic rings. The summed E-state index contributed by atoms with van der Waals surface area (Å²) in [7, 11) is 0. The van der Waals surface area contributed by atoms with Crippen molar-refractivity contribution in [3.05, 3.63) is 34.1 Å². The van der Waals surface area contributed by atoms with Gasteiger partial charge in [-0.2, -0.15) is 0 Å². The standard InChI is InChI=1S/C13H19BrFN/c1-4-7-13(2,3)16-9-10-5-6-11(15)8-12(10)14/h5-6,8,16H,4,7,9H2,1-3H3. The van der Waals surface area contributed by atoms with E-state index in [1.165, 1.54) is 12.1 Å². The fourth-order valence-corrected chi connectivity index (χ4v) is 2.20. The summed E-state index contributed by atoms with van der Waals surface area (Å²) < 4.78 is 13.7. The second-order valence-electron chi connectivity index (χ2n) is 4.72. The molecule has 0 heterocycles. The van der Waals surface area contributed by atoms with Crippen LogP contribution in [0.2, 0.25) is 0 Å². The number of halogens is 2. The van der Waals surface area contributed by atoms with Gasteiger partial charge in [0.25, 0.3) is 0 Å². The zero-order valence-electron chi connectivity index (χ0n) is 10.1. The highest BCUT2D eigenvalue weighted by atomic mass is 79.9. The summed E-state index contributed by atoms with van der Waals surface area (Å²) in [6, 6.07) is 4.81. The Balaban J connectivity index is 2.61. The van der Waals surface area contributed by atoms with Crippen LogP contribution in [0.1, 0.15) is 39.2 Å². The molecule has 1 nitrogen and oxygen atoms in total. The zero-order valence-corrected chi connectivity index (χ0v) is 11.7. The van der Waals surface area contributed by atoms with Crippen molar-refractivity contribution in [3.8, 4) is 0 Å². The number of hydrogen-bond donors (Lipinski definition) is 1. The van der Waals surface area contributed by atoms with Crippen molar-refractivity contribution < 1.29 is 4.39 Å². The number of benzene rings is 1. The topological polar surface area (TPSA) is 12.0 Å². The molecule has 16 heavy (non-hydrogen) atoms. The average Bonchev–Trinajstić information content (AvgIpc) is 2.16. The van der Waals surface area contributed by atoms with Crippen molar-refractivity contribution in [2.24, 2.45) is 0 Å². The summed E-state index contributed by atoms with van der Waals surface area (Å²) in [6.45, 7) is 7.31. The lowest BCUT2D eigenvalue weighted by atomic mass is 9.98. The number of hydrogen-bond acceptors (Lipinski definition) is 1. The first-order valence-corrected chi connectivity index (χ1v) is 6.43. The van der Waals surface area contributed by atoms with Gasteiger partial charge in [-0.3, -0.25) is 0 Å². The minimum atomic E-state index is -0.205. The molecule has 0 aliphatic rings. The normalized spacial score (nSPS) is 11.8. The van der Waals surface area contributed by atoms with Gasteiger partial charge in [-0.1, -0.05) is 35.3 Å². The van der Waals surface area contributed by atoms with E-state index in [-0.39, 0.29) is 11.4 Å². The van der Waals surface area contributed by atoms with Gasteiger partial charge in [-0.25, -0.2) is 4.39 Å². The van der Waals surface area contributed by atoms with Crippen LogP contribution in [0.15, 0.2) is 22.7 Å². The van der Waals surface area contributed by atoms with Gasteiger partial charge in [0.1, 0.15) is 5.82 Å². The van der Waals surface area contributed by atoms with Crippen LogP contribution in [0.5, 0.6) is 0 Å². The van der Waals surface area contributed by atoms with Crippen LogP contribution in [0.4, 0.5) is 4.39 Å². The molecular weight excluding hydrogens is 269 g/mol. The lowest BCUT2D eigenvalue weighted by Crippen LogP contribution is -2.38. The van der Waals surface area contributed by atoms with Crippen molar-refractivity contribution in [1.29, 1.82) is 0 Å². The Morgan fingerprint density at radius 1 is 1.38 bits per heavy atom. The van der Waals surface area contributed by atoms with Crippen molar-refractivity contribution in [2.45, 2.75) is 45.7 Å². The molecule has 90 valence electrons. The molecule has 0 aliphatic carbocycles. The Morgan fingerprint density at radius 3 is 2.62 bits per heavy atom. The van der Waals surface area contributed by atoms with Gasteiger partial charge in [0.05, 0.1) is 0 Å². The SMILES string of the molecule is CCCC(C)(C)NCc1ccc(F)cc1Br. The van der Waals surface area contributed by atoms with Gasteiger partial charge in [-0.15, -0.1) is 0 Å². The van der Waals surface area contributed by atoms with E-state index in [9.17, 15) is 4.39 Å². The highest BCUT2D eigenvalue weighted by Crippen LogP contribution is 2.19. The molecule has 1 aromatic carbocycles. The quantitative estimate of drug-likeness (QED) is 0.853. The van der Waals surface area contributed by atoms with Crippen LogP contribution >= 0.6 is 15.9 Å². The Kier molecular flexibility index (Phi) is 4.93. The Bertz CT molecular complexity index is 350. The van der Waals surface area contributed by atoms with Crippen molar-refractivity contribution in [3.63, 3.8) is 0 Å². The molecule has 1 rings (SSSR count). The van der Waals surface area contributed by atoms with E-state index < -0.39 is 0 Å². The second-order valence-corrected chi connectivity index (χ2v) is 5.58. The number of rotatable bonds is 5. The minimum Gasteiger partial charge on any atom is -0.308 e. The van der Waals surface area contributed by atoms with Crippen molar-refractivity contribution >= 4 is 15.9 Å². The molecular formula is C13H19BrFN. The van der Waals surface area contributed by atoms with Crippen molar-refractivity contribution in [2.75, 3.05) is 0 Å². The third-order valence-corrected chi connectivity index (χ3v) is 3.39. The third kappa shape index (κ3) is 4.22. The predicted octanol–water partition coefficient (Wildman–Crippen LogP) is 4.26. The first-order valence-electron chi connectivity index (χ1n) is 5.63. The van der Waals surface area contributed by atoms with Crippen molar-refractivity contribution in [1.82, 2.24) is 5.32 Å². The lowest BCUT2D eigenvalue weighted by molar-refractivity contribution is 0.356. The molecule has 0 unspecified atom stereocenters. The zero-order chi connectivity index (χ0) is 12.2. The van der Waals surface area contributed by atoms with Crippen LogP contribution in [-0.2, 0) is 6.54 Å². The summed E-state index contributed by atoms with van der Waals surface area (Å²) in [6.07, 6.45) is 2.29. The Labute approximate surface area is 106 Å². The first-order chi connectivity index (χ1) is 7.44. The number of nitrogens with one attached hydrogen (secondary N) is 1. The molecule has 0 bridgehead atoms. The van der Waals surface area contributed by atoms with E-state index in [0.717, 1.165) is 29.4 Å². The highest BCUT2D eigenvalue weighted by Gasteiger charge is 2.15. The molecule has 0 aromatic heterocycles. The maximum atomic E-state index is 12.9. The molecule has 0 fully saturated rings. The maximum absolute atomic E-state index is 12.9. The molecule has 0 saturated carbocycles. The van der Waals surface area contributed by atoms with Crippen LogP contribution in [0.25, 0.3) is 0 Å². The molecule has 0 saturated heterocycles. The van der Waals surface area contributed by atoms with Crippen LogP contribution < -0.4 is 5.32 Å². The van der Waals surface area contributed by atoms with Crippen LogP contribution in [0, 0.1) is 5.82 Å². The van der Waals surface area contributed by atoms with E-state index in [2.05, 4.69) is 42.0 Å². The van der Waals surface area contributed by atoms with E-state index in [4.69, 9.17) is 0 Å². The largest absolute Gasteiger partial charge is 0.308 e. The Hall–Kier alpha value is -0.410. The predicted molar refractivity (Wildman–Crippen MR) is 69.9 cm³/mol. The van der Waals surface area contributed by atoms with E-state index >= 15 is 0 Å². The molecule has 3 heteroatoms. The Morgan fingerprint density at radius 2 is 2.06 bits per heavy atom. The maximum Gasteiger partial charge on any atom is 0.124 e. The van der Waals surface area contributed by atoms with Gasteiger partial charge in [0, 0.05) is 16.6 Å². The highest BCUT2D eigenvalue weighted by molar-refractivity contribution is 9.10. The molecule has 0 aliphatic heterocycles. The van der Waals surface area contributed by atoms with E-state index in [0.29, 0.717) is 0 Å². The average molecular weight is 288 g/mol. The molecule has 0 atom stereocenters. The minimum absolute atomic E-state index is 0.128. The summed E-state index contributed by atoms with van der Waals surface area (Å²) in [5.74, 6) is -0.205. The molecule has 1 N–H and O–H groups in total. The van der Waals surface area contributed by atoms with Crippen LogP contribution in [-0.4, -0.2) is 5.54 Å². The summed E-state index contributed by atoms with van der Waals surface area (Å²) in [4.78, 5) is 0. The van der Waals surface area contributed by atoms with Gasteiger partial charge in [0.2, 0.25) is 0 Å². The van der Waals surface area contributed by atoms with Gasteiger partial charge in [0.15, 0.2) is 0 Å². The lowest BCUT2D eigenvalue weighted by Gasteiger charge is -2.26. The van der Waals surface area contributed by atoms with E-state index in [1.807, 2.05) is 6.07 Å². The fourth-order valence-electron chi connectivity index (χ4n) is 1.71. The summed E-state index contributed by atoms with van der Waals surface area (Å²) in [5, 5.41) is 3.48. The third-order valence-electron chi connectivity index (χ3n) is 2.65. The second kappa shape index (κ2) is 5.78. The summed E-state index contributed by atoms with van der Waals surface area (Å²) >= 11 is 3.37. The van der Waals surface area contributed by atoms with Gasteiger partial charge in [-0.05, 0) is 38.0 Å². The molecule has 0 radical (unpaired) electrons. The van der Waals surface area contributed by atoms with Gasteiger partial charge < -0.3 is 5.32 Å². The molecule has 0 spiro atoms. The first kappa shape index (κ1) is 13.7. The molecule has 0 amide bonds. The summed E-state index contributed by atoms with van der Waals surface area (Å²) in [5.41, 5.74) is 1.22.